The lowest BCUT2D eigenvalue weighted by Crippen LogP contribution is -2.16. The fourth-order valence-electron chi connectivity index (χ4n) is 2.95. The Morgan fingerprint density at radius 2 is 1.70 bits per heavy atom. The summed E-state index contributed by atoms with van der Waals surface area (Å²) in [6.07, 6.45) is 0.290. The molecule has 6 heteroatoms. The number of nitrogens with zero attached hydrogens (tertiary/aromatic N) is 2. The average Bonchev–Trinajstić information content (AvgIpc) is 2.94. The van der Waals surface area contributed by atoms with Crippen LogP contribution in [0.5, 0.6) is 0 Å². The number of nitrogens with one attached hydrogen (secondary N) is 1. The van der Waals surface area contributed by atoms with Crippen LogP contribution in [-0.2, 0) is 11.8 Å². The van der Waals surface area contributed by atoms with Gasteiger partial charge in [0, 0.05) is 35.5 Å². The van der Waals surface area contributed by atoms with Gasteiger partial charge in [-0.2, -0.15) is 5.10 Å². The van der Waals surface area contributed by atoms with E-state index in [1.54, 1.807) is 23.9 Å². The van der Waals surface area contributed by atoms with Gasteiger partial charge in [0.2, 0.25) is 5.91 Å². The quantitative estimate of drug-likeness (QED) is 0.578. The number of aryl methyl sites for hydroxylation is 2. The highest BCUT2D eigenvalue weighted by molar-refractivity contribution is 9.10. The van der Waals surface area contributed by atoms with Gasteiger partial charge >= 0.3 is 0 Å². The van der Waals surface area contributed by atoms with Gasteiger partial charge in [0.05, 0.1) is 5.69 Å². The first kappa shape index (κ1) is 19.0. The second kappa shape index (κ2) is 8.31. The first-order valence-corrected chi connectivity index (χ1v) is 9.42. The molecule has 1 N–H and O–H groups in total. The molecule has 1 heterocycles. The Balaban J connectivity index is 1.73. The van der Waals surface area contributed by atoms with Crippen molar-refractivity contribution >= 4 is 33.4 Å². The number of benzene rings is 2. The van der Waals surface area contributed by atoms with E-state index >= 15 is 0 Å². The van der Waals surface area contributed by atoms with Crippen LogP contribution in [0.3, 0.4) is 0 Å². The molecule has 0 bridgehead atoms. The van der Waals surface area contributed by atoms with Crippen LogP contribution in [0.25, 0.3) is 11.1 Å². The van der Waals surface area contributed by atoms with E-state index in [-0.39, 0.29) is 24.5 Å². The van der Waals surface area contributed by atoms with E-state index in [0.29, 0.717) is 11.4 Å². The third kappa shape index (κ3) is 4.52. The average molecular weight is 426 g/mol. The maximum atomic E-state index is 12.4. The highest BCUT2D eigenvalue weighted by Crippen LogP contribution is 2.32. The largest absolute Gasteiger partial charge is 0.310 e. The number of carbonyl (C=O) groups excluding carboxylic acids is 2. The molecular weight excluding hydrogens is 406 g/mol. The number of ketones is 1. The van der Waals surface area contributed by atoms with Gasteiger partial charge in [0.25, 0.3) is 0 Å². The lowest BCUT2D eigenvalue weighted by molar-refractivity contribution is -0.116. The summed E-state index contributed by atoms with van der Waals surface area (Å²) in [5, 5.41) is 7.35. The molecule has 0 unspecified atom stereocenters. The van der Waals surface area contributed by atoms with E-state index in [0.717, 1.165) is 21.3 Å². The molecule has 3 rings (SSSR count). The zero-order valence-electron chi connectivity index (χ0n) is 15.2. The molecule has 0 saturated heterocycles. The van der Waals surface area contributed by atoms with E-state index in [2.05, 4.69) is 26.3 Å². The molecule has 138 valence electrons. The van der Waals surface area contributed by atoms with Crippen LogP contribution in [0, 0.1) is 6.92 Å². The van der Waals surface area contributed by atoms with Crippen molar-refractivity contribution < 1.29 is 9.59 Å². The number of carbonyl (C=O) groups is 2. The summed E-state index contributed by atoms with van der Waals surface area (Å²) in [7, 11) is 1.79. The molecule has 0 aliphatic heterocycles. The Morgan fingerprint density at radius 3 is 2.37 bits per heavy atom. The minimum absolute atomic E-state index is 0.0416. The van der Waals surface area contributed by atoms with Gasteiger partial charge in [0.1, 0.15) is 5.82 Å². The number of anilines is 1. The van der Waals surface area contributed by atoms with Crippen LogP contribution < -0.4 is 5.32 Å². The van der Waals surface area contributed by atoms with Crippen LogP contribution in [0.1, 0.15) is 28.9 Å². The van der Waals surface area contributed by atoms with Gasteiger partial charge in [-0.1, -0.05) is 58.4 Å². The van der Waals surface area contributed by atoms with E-state index < -0.39 is 0 Å². The first-order chi connectivity index (χ1) is 13.0. The normalized spacial score (nSPS) is 10.6. The van der Waals surface area contributed by atoms with Gasteiger partial charge in [0.15, 0.2) is 5.78 Å². The number of rotatable bonds is 6. The zero-order chi connectivity index (χ0) is 19.4. The van der Waals surface area contributed by atoms with Crippen molar-refractivity contribution in [3.8, 4) is 11.1 Å². The first-order valence-electron chi connectivity index (χ1n) is 8.63. The second-order valence-corrected chi connectivity index (χ2v) is 7.19. The molecule has 2 aromatic carbocycles. The van der Waals surface area contributed by atoms with Crippen molar-refractivity contribution in [2.75, 3.05) is 5.32 Å². The summed E-state index contributed by atoms with van der Waals surface area (Å²) in [5.74, 6) is 0.382. The predicted molar refractivity (Wildman–Crippen MR) is 110 cm³/mol. The minimum Gasteiger partial charge on any atom is -0.310 e. The Kier molecular flexibility index (Phi) is 5.86. The third-order valence-electron chi connectivity index (χ3n) is 4.29. The SMILES string of the molecule is Cc1nn(C)c(NC(=O)CCC(=O)c2ccccc2)c1-c1ccc(Br)cc1. The highest BCUT2D eigenvalue weighted by atomic mass is 79.9. The van der Waals surface area contributed by atoms with Crippen molar-refractivity contribution in [2.45, 2.75) is 19.8 Å². The molecule has 1 amide bonds. The van der Waals surface area contributed by atoms with Crippen molar-refractivity contribution in [1.82, 2.24) is 9.78 Å². The molecule has 5 nitrogen and oxygen atoms in total. The maximum absolute atomic E-state index is 12.4. The standard InChI is InChI=1S/C21H20BrN3O2/c1-14-20(16-8-10-17(22)11-9-16)21(25(2)24-14)23-19(27)13-12-18(26)15-6-4-3-5-7-15/h3-11H,12-13H2,1-2H3,(H,23,27). The van der Waals surface area contributed by atoms with Crippen molar-refractivity contribution in [3.63, 3.8) is 0 Å². The van der Waals surface area contributed by atoms with Crippen LogP contribution >= 0.6 is 15.9 Å². The topological polar surface area (TPSA) is 64.0 Å². The Morgan fingerprint density at radius 1 is 1.04 bits per heavy atom. The monoisotopic (exact) mass is 425 g/mol. The Hall–Kier alpha value is -2.73. The smallest absolute Gasteiger partial charge is 0.225 e. The zero-order valence-corrected chi connectivity index (χ0v) is 16.8. The number of aromatic nitrogens is 2. The molecule has 0 aliphatic rings. The number of amides is 1. The third-order valence-corrected chi connectivity index (χ3v) is 4.82. The second-order valence-electron chi connectivity index (χ2n) is 6.28. The number of hydrogen-bond donors (Lipinski definition) is 1. The van der Waals surface area contributed by atoms with Crippen LogP contribution in [0.15, 0.2) is 59.1 Å². The van der Waals surface area contributed by atoms with E-state index in [4.69, 9.17) is 0 Å². The van der Waals surface area contributed by atoms with Gasteiger partial charge in [-0.15, -0.1) is 0 Å². The summed E-state index contributed by atoms with van der Waals surface area (Å²) in [4.78, 5) is 24.6. The van der Waals surface area contributed by atoms with E-state index in [9.17, 15) is 9.59 Å². The molecule has 0 aliphatic carbocycles. The van der Waals surface area contributed by atoms with Gasteiger partial charge < -0.3 is 5.32 Å². The van der Waals surface area contributed by atoms with Crippen LogP contribution in [0.4, 0.5) is 5.82 Å². The highest BCUT2D eigenvalue weighted by Gasteiger charge is 2.18. The lowest BCUT2D eigenvalue weighted by atomic mass is 10.1. The summed E-state index contributed by atoms with van der Waals surface area (Å²) in [6.45, 7) is 1.91. The predicted octanol–water partition coefficient (Wildman–Crippen LogP) is 4.76. The summed E-state index contributed by atoms with van der Waals surface area (Å²) >= 11 is 3.43. The Labute approximate surface area is 166 Å². The van der Waals surface area contributed by atoms with Crippen molar-refractivity contribution in [3.05, 3.63) is 70.3 Å². The van der Waals surface area contributed by atoms with Gasteiger partial charge in [-0.05, 0) is 24.6 Å². The maximum Gasteiger partial charge on any atom is 0.225 e. The van der Waals surface area contributed by atoms with Crippen molar-refractivity contribution in [1.29, 1.82) is 0 Å². The van der Waals surface area contributed by atoms with Gasteiger partial charge in [-0.3, -0.25) is 14.3 Å². The fraction of sp³-hybridized carbons (Fsp3) is 0.190. The van der Waals surface area contributed by atoms with Crippen molar-refractivity contribution in [2.24, 2.45) is 7.05 Å². The van der Waals surface area contributed by atoms with Crippen LogP contribution in [-0.4, -0.2) is 21.5 Å². The lowest BCUT2D eigenvalue weighted by Gasteiger charge is -2.09. The molecular formula is C21H20BrN3O2. The minimum atomic E-state index is -0.208. The molecule has 0 atom stereocenters. The molecule has 1 aromatic heterocycles. The number of Topliss-reactive ketones (excluding diaryl/α,β-unsaturated/α-hetero) is 1. The molecule has 0 spiro atoms. The fourth-order valence-corrected chi connectivity index (χ4v) is 3.22. The van der Waals surface area contributed by atoms with E-state index in [1.165, 1.54) is 0 Å². The Bertz CT molecular complexity index is 963. The number of hydrogen-bond acceptors (Lipinski definition) is 3. The molecule has 0 saturated carbocycles. The summed E-state index contributed by atoms with van der Waals surface area (Å²) in [6, 6.07) is 16.9. The molecule has 27 heavy (non-hydrogen) atoms. The van der Waals surface area contributed by atoms with Gasteiger partial charge in [-0.25, -0.2) is 0 Å². The molecule has 0 fully saturated rings. The van der Waals surface area contributed by atoms with Crippen LogP contribution in [0.2, 0.25) is 0 Å². The molecule has 0 radical (unpaired) electrons. The molecule has 3 aromatic rings. The van der Waals surface area contributed by atoms with E-state index in [1.807, 2.05) is 49.4 Å². The number of halogens is 1. The summed E-state index contributed by atoms with van der Waals surface area (Å²) < 4.78 is 2.64. The summed E-state index contributed by atoms with van der Waals surface area (Å²) in [5.41, 5.74) is 3.31.